The average Bonchev–Trinajstić information content (AvgIpc) is 2.88. The lowest BCUT2D eigenvalue weighted by Gasteiger charge is -2.20. The summed E-state index contributed by atoms with van der Waals surface area (Å²) in [5, 5.41) is 3.58. The smallest absolute Gasteiger partial charge is 0.117 e. The molecule has 0 saturated heterocycles. The van der Waals surface area contributed by atoms with Crippen LogP contribution in [0.4, 0.5) is 0 Å². The van der Waals surface area contributed by atoms with Gasteiger partial charge in [-0.25, -0.2) is 0 Å². The second kappa shape index (κ2) is 6.41. The molecule has 1 aromatic heterocycles. The van der Waals surface area contributed by atoms with Gasteiger partial charge in [0.25, 0.3) is 0 Å². The highest BCUT2D eigenvalue weighted by atomic mass is 16.3. The summed E-state index contributed by atoms with van der Waals surface area (Å²) in [4.78, 5) is 0. The highest BCUT2D eigenvalue weighted by Gasteiger charge is 2.12. The first-order chi connectivity index (χ1) is 8.75. The minimum absolute atomic E-state index is 0.385. The van der Waals surface area contributed by atoms with Crippen molar-refractivity contribution < 1.29 is 4.42 Å². The van der Waals surface area contributed by atoms with Crippen LogP contribution in [0.25, 0.3) is 0 Å². The normalized spacial score (nSPS) is 12.8. The number of nitrogens with one attached hydrogen (secondary N) is 1. The number of benzene rings is 1. The Morgan fingerprint density at radius 2 is 1.83 bits per heavy atom. The van der Waals surface area contributed by atoms with Crippen molar-refractivity contribution in [3.05, 3.63) is 60.1 Å². The van der Waals surface area contributed by atoms with Gasteiger partial charge in [-0.2, -0.15) is 0 Å². The molecule has 1 atom stereocenters. The Hall–Kier alpha value is -1.54. The lowest BCUT2D eigenvalue weighted by molar-refractivity contribution is 0.400. The van der Waals surface area contributed by atoms with Gasteiger partial charge in [-0.3, -0.25) is 0 Å². The maximum absolute atomic E-state index is 5.36. The van der Waals surface area contributed by atoms with E-state index in [-0.39, 0.29) is 0 Å². The third-order valence-electron chi connectivity index (χ3n) is 3.01. The van der Waals surface area contributed by atoms with E-state index in [0.717, 1.165) is 18.7 Å². The van der Waals surface area contributed by atoms with Gasteiger partial charge in [-0.1, -0.05) is 44.2 Å². The van der Waals surface area contributed by atoms with Gasteiger partial charge in [0.15, 0.2) is 0 Å². The topological polar surface area (TPSA) is 25.2 Å². The van der Waals surface area contributed by atoms with E-state index in [1.807, 2.05) is 12.1 Å². The second-order valence-electron chi connectivity index (χ2n) is 5.05. The number of hydrogen-bond donors (Lipinski definition) is 1. The zero-order valence-corrected chi connectivity index (χ0v) is 11.1. The second-order valence-corrected chi connectivity index (χ2v) is 5.05. The van der Waals surface area contributed by atoms with Gasteiger partial charge in [-0.15, -0.1) is 0 Å². The molecule has 0 aliphatic heterocycles. The minimum atomic E-state index is 0.385. The molecule has 0 bridgehead atoms. The van der Waals surface area contributed by atoms with Crippen LogP contribution in [0.15, 0.2) is 53.1 Å². The third-order valence-corrected chi connectivity index (χ3v) is 3.01. The van der Waals surface area contributed by atoms with Gasteiger partial charge in [0.05, 0.1) is 12.8 Å². The molecule has 2 rings (SSSR count). The minimum Gasteiger partial charge on any atom is -0.468 e. The molecule has 1 unspecified atom stereocenters. The molecule has 0 spiro atoms. The van der Waals surface area contributed by atoms with E-state index in [4.69, 9.17) is 4.42 Å². The summed E-state index contributed by atoms with van der Waals surface area (Å²) in [6.07, 6.45) is 2.85. The molecule has 18 heavy (non-hydrogen) atoms. The summed E-state index contributed by atoms with van der Waals surface area (Å²) in [6.45, 7) is 5.29. The van der Waals surface area contributed by atoms with Crippen LogP contribution in [0, 0.1) is 5.92 Å². The molecule has 0 aliphatic rings. The summed E-state index contributed by atoms with van der Waals surface area (Å²) < 4.78 is 5.36. The molecule has 1 heterocycles. The molecule has 96 valence electrons. The SMILES string of the molecule is CC(C)CC(NCc1ccco1)c1ccccc1. The van der Waals surface area contributed by atoms with E-state index in [1.165, 1.54) is 5.56 Å². The predicted octanol–water partition coefficient (Wildman–Crippen LogP) is 4.16. The summed E-state index contributed by atoms with van der Waals surface area (Å²) in [5.41, 5.74) is 1.35. The van der Waals surface area contributed by atoms with Gasteiger partial charge < -0.3 is 9.73 Å². The first kappa shape index (κ1) is 12.9. The molecule has 0 aliphatic carbocycles. The van der Waals surface area contributed by atoms with Crippen molar-refractivity contribution in [2.75, 3.05) is 0 Å². The fraction of sp³-hybridized carbons (Fsp3) is 0.375. The lowest BCUT2D eigenvalue weighted by Crippen LogP contribution is -2.22. The summed E-state index contributed by atoms with van der Waals surface area (Å²) in [5.74, 6) is 1.65. The molecule has 0 fully saturated rings. The number of hydrogen-bond acceptors (Lipinski definition) is 2. The first-order valence-electron chi connectivity index (χ1n) is 6.56. The van der Waals surface area contributed by atoms with Crippen molar-refractivity contribution in [1.82, 2.24) is 5.32 Å². The van der Waals surface area contributed by atoms with Gasteiger partial charge in [0, 0.05) is 6.04 Å². The van der Waals surface area contributed by atoms with Crippen LogP contribution >= 0.6 is 0 Å². The zero-order chi connectivity index (χ0) is 12.8. The molecule has 2 heteroatoms. The fourth-order valence-electron chi connectivity index (χ4n) is 2.13. The van der Waals surface area contributed by atoms with E-state index in [1.54, 1.807) is 6.26 Å². The van der Waals surface area contributed by atoms with Crippen molar-refractivity contribution in [3.8, 4) is 0 Å². The Labute approximate surface area is 109 Å². The van der Waals surface area contributed by atoms with Crippen LogP contribution in [-0.2, 0) is 6.54 Å². The van der Waals surface area contributed by atoms with Crippen molar-refractivity contribution >= 4 is 0 Å². The van der Waals surface area contributed by atoms with E-state index in [0.29, 0.717) is 12.0 Å². The van der Waals surface area contributed by atoms with Crippen LogP contribution in [-0.4, -0.2) is 0 Å². The van der Waals surface area contributed by atoms with Gasteiger partial charge in [0.2, 0.25) is 0 Å². The van der Waals surface area contributed by atoms with Crippen molar-refractivity contribution in [2.24, 2.45) is 5.92 Å². The molecular weight excluding hydrogens is 222 g/mol. The Kier molecular flexibility index (Phi) is 4.59. The number of rotatable bonds is 6. The Bertz CT molecular complexity index is 433. The Morgan fingerprint density at radius 3 is 2.44 bits per heavy atom. The largest absolute Gasteiger partial charge is 0.468 e. The lowest BCUT2D eigenvalue weighted by atomic mass is 9.97. The maximum Gasteiger partial charge on any atom is 0.117 e. The highest BCUT2D eigenvalue weighted by Crippen LogP contribution is 2.21. The summed E-state index contributed by atoms with van der Waals surface area (Å²) >= 11 is 0. The van der Waals surface area contributed by atoms with Gasteiger partial charge >= 0.3 is 0 Å². The maximum atomic E-state index is 5.36. The Morgan fingerprint density at radius 1 is 1.06 bits per heavy atom. The van der Waals surface area contributed by atoms with Crippen LogP contribution in [0.2, 0.25) is 0 Å². The molecule has 1 N–H and O–H groups in total. The predicted molar refractivity (Wildman–Crippen MR) is 74.2 cm³/mol. The average molecular weight is 243 g/mol. The van der Waals surface area contributed by atoms with Crippen molar-refractivity contribution in [1.29, 1.82) is 0 Å². The Balaban J connectivity index is 2.01. The van der Waals surface area contributed by atoms with E-state index in [9.17, 15) is 0 Å². The van der Waals surface area contributed by atoms with Crippen LogP contribution in [0.1, 0.15) is 37.6 Å². The zero-order valence-electron chi connectivity index (χ0n) is 11.1. The molecule has 0 amide bonds. The molecule has 2 aromatic rings. The quantitative estimate of drug-likeness (QED) is 0.824. The van der Waals surface area contributed by atoms with Gasteiger partial charge in [-0.05, 0) is 30.0 Å². The standard InChI is InChI=1S/C16H21NO/c1-13(2)11-16(14-7-4-3-5-8-14)17-12-15-9-6-10-18-15/h3-10,13,16-17H,11-12H2,1-2H3. The monoisotopic (exact) mass is 243 g/mol. The van der Waals surface area contributed by atoms with E-state index in [2.05, 4.69) is 49.5 Å². The fourth-order valence-corrected chi connectivity index (χ4v) is 2.13. The van der Waals surface area contributed by atoms with E-state index >= 15 is 0 Å². The molecule has 0 radical (unpaired) electrons. The summed E-state index contributed by atoms with van der Waals surface area (Å²) in [7, 11) is 0. The molecule has 0 saturated carbocycles. The van der Waals surface area contributed by atoms with Crippen molar-refractivity contribution in [3.63, 3.8) is 0 Å². The third kappa shape index (κ3) is 3.74. The van der Waals surface area contributed by atoms with E-state index < -0.39 is 0 Å². The van der Waals surface area contributed by atoms with Gasteiger partial charge in [0.1, 0.15) is 5.76 Å². The van der Waals surface area contributed by atoms with Crippen LogP contribution in [0.3, 0.4) is 0 Å². The highest BCUT2D eigenvalue weighted by molar-refractivity contribution is 5.19. The van der Waals surface area contributed by atoms with Crippen LogP contribution < -0.4 is 5.32 Å². The molecule has 1 aromatic carbocycles. The van der Waals surface area contributed by atoms with Crippen molar-refractivity contribution in [2.45, 2.75) is 32.9 Å². The summed E-state index contributed by atoms with van der Waals surface area (Å²) in [6, 6.07) is 14.9. The van der Waals surface area contributed by atoms with Crippen LogP contribution in [0.5, 0.6) is 0 Å². The molecule has 2 nitrogen and oxygen atoms in total. The first-order valence-corrected chi connectivity index (χ1v) is 6.56. The molecular formula is C16H21NO. The number of furan rings is 1.